The number of hydrogen-bond acceptors (Lipinski definition) is 7. The molecule has 0 radical (unpaired) electrons. The minimum Gasteiger partial charge on any atom is -0.330 e. The largest absolute Gasteiger partial charge is 0.330 e. The van der Waals surface area contributed by atoms with Gasteiger partial charge in [0.2, 0.25) is 11.1 Å². The van der Waals surface area contributed by atoms with Crippen molar-refractivity contribution in [2.24, 2.45) is 0 Å². The van der Waals surface area contributed by atoms with Crippen LogP contribution in [-0.2, 0) is 11.2 Å². The Bertz CT molecular complexity index is 1170. The number of carbonyl (C=O) groups is 1. The number of aromatic nitrogens is 4. The van der Waals surface area contributed by atoms with Gasteiger partial charge in [-0.15, -0.1) is 27.8 Å². The van der Waals surface area contributed by atoms with E-state index >= 15 is 0 Å². The van der Waals surface area contributed by atoms with Crippen molar-refractivity contribution in [1.82, 2.24) is 25.1 Å². The number of carbonyl (C=O) groups excluding carboxylic acids is 1. The first-order valence-corrected chi connectivity index (χ1v) is 12.3. The minimum atomic E-state index is 0.000804. The third-order valence-electron chi connectivity index (χ3n) is 5.11. The van der Waals surface area contributed by atoms with Crippen molar-refractivity contribution < 1.29 is 4.79 Å². The molecular weight excluding hydrogens is 434 g/mol. The molecule has 0 bridgehead atoms. The monoisotopic (exact) mass is 453 g/mol. The molecule has 1 unspecified atom stereocenters. The fraction of sp³-hybridized carbons (Fsp3) is 0.238. The SMILES string of the molecule is Cc1cccc(-n2nnnc2SCC(=O)N2CCc3sccc3C2c2cccs2)c1. The first kappa shape index (κ1) is 19.5. The zero-order valence-corrected chi connectivity index (χ0v) is 18.7. The van der Waals surface area contributed by atoms with Gasteiger partial charge in [-0.05, 0) is 69.9 Å². The first-order chi connectivity index (χ1) is 14.7. The molecule has 0 saturated carbocycles. The van der Waals surface area contributed by atoms with Crippen LogP contribution in [0.4, 0.5) is 0 Å². The highest BCUT2D eigenvalue weighted by atomic mass is 32.2. The molecule has 1 aliphatic heterocycles. The van der Waals surface area contributed by atoms with Gasteiger partial charge in [0.1, 0.15) is 0 Å². The van der Waals surface area contributed by atoms with Gasteiger partial charge < -0.3 is 4.90 Å². The van der Waals surface area contributed by atoms with Gasteiger partial charge in [0.05, 0.1) is 17.5 Å². The molecule has 152 valence electrons. The van der Waals surface area contributed by atoms with Gasteiger partial charge in [0.25, 0.3) is 0 Å². The van der Waals surface area contributed by atoms with Crippen LogP contribution < -0.4 is 0 Å². The van der Waals surface area contributed by atoms with Crippen molar-refractivity contribution in [3.05, 3.63) is 74.1 Å². The third-order valence-corrected chi connectivity index (χ3v) is 7.94. The van der Waals surface area contributed by atoms with E-state index in [0.717, 1.165) is 24.2 Å². The number of nitrogens with zero attached hydrogens (tertiary/aromatic N) is 5. The Morgan fingerprint density at radius 1 is 1.20 bits per heavy atom. The molecule has 9 heteroatoms. The van der Waals surface area contributed by atoms with Crippen LogP contribution in [0.5, 0.6) is 0 Å². The number of benzene rings is 1. The summed E-state index contributed by atoms with van der Waals surface area (Å²) in [6, 6.07) is 14.3. The van der Waals surface area contributed by atoms with E-state index < -0.39 is 0 Å². The first-order valence-electron chi connectivity index (χ1n) is 9.58. The topological polar surface area (TPSA) is 63.9 Å². The molecular formula is C21H19N5OS3. The third kappa shape index (κ3) is 3.68. The predicted molar refractivity (Wildman–Crippen MR) is 121 cm³/mol. The summed E-state index contributed by atoms with van der Waals surface area (Å²) in [5.41, 5.74) is 3.29. The molecule has 4 aromatic rings. The summed E-state index contributed by atoms with van der Waals surface area (Å²) in [5, 5.41) is 16.9. The van der Waals surface area contributed by atoms with E-state index in [4.69, 9.17) is 0 Å². The molecule has 0 saturated heterocycles. The zero-order chi connectivity index (χ0) is 20.5. The summed E-state index contributed by atoms with van der Waals surface area (Å²) in [6.45, 7) is 2.77. The van der Waals surface area contributed by atoms with Gasteiger partial charge in [-0.2, -0.15) is 4.68 Å². The lowest BCUT2D eigenvalue weighted by Crippen LogP contribution is -2.40. The summed E-state index contributed by atoms with van der Waals surface area (Å²) in [7, 11) is 0. The normalized spacial score (nSPS) is 15.9. The van der Waals surface area contributed by atoms with Crippen LogP contribution in [0.2, 0.25) is 0 Å². The number of rotatable bonds is 5. The van der Waals surface area contributed by atoms with E-state index in [1.165, 1.54) is 27.1 Å². The highest BCUT2D eigenvalue weighted by molar-refractivity contribution is 7.99. The average molecular weight is 454 g/mol. The second-order valence-electron chi connectivity index (χ2n) is 7.06. The molecule has 1 aliphatic rings. The van der Waals surface area contributed by atoms with Crippen molar-refractivity contribution in [3.63, 3.8) is 0 Å². The maximum atomic E-state index is 13.3. The van der Waals surface area contributed by atoms with Crippen LogP contribution in [0.3, 0.4) is 0 Å². The van der Waals surface area contributed by atoms with Crippen molar-refractivity contribution in [2.45, 2.75) is 24.5 Å². The Morgan fingerprint density at radius 3 is 2.97 bits per heavy atom. The Morgan fingerprint density at radius 2 is 2.13 bits per heavy atom. The molecule has 0 N–H and O–H groups in total. The summed E-state index contributed by atoms with van der Waals surface area (Å²) in [4.78, 5) is 17.9. The van der Waals surface area contributed by atoms with E-state index in [2.05, 4.69) is 38.4 Å². The molecule has 1 amide bonds. The van der Waals surface area contributed by atoms with Gasteiger partial charge >= 0.3 is 0 Å². The number of thioether (sulfide) groups is 1. The molecule has 3 aromatic heterocycles. The lowest BCUT2D eigenvalue weighted by Gasteiger charge is -2.35. The fourth-order valence-corrected chi connectivity index (χ4v) is 6.27. The van der Waals surface area contributed by atoms with Crippen LogP contribution in [0, 0.1) is 6.92 Å². The second kappa shape index (κ2) is 8.33. The molecule has 0 aliphatic carbocycles. The fourth-order valence-electron chi connectivity index (χ4n) is 3.74. The Hall–Kier alpha value is -2.49. The molecule has 30 heavy (non-hydrogen) atoms. The molecule has 0 fully saturated rings. The Kier molecular flexibility index (Phi) is 5.41. The van der Waals surface area contributed by atoms with Gasteiger partial charge in [0.15, 0.2) is 0 Å². The van der Waals surface area contributed by atoms with E-state index in [-0.39, 0.29) is 11.9 Å². The number of fused-ring (bicyclic) bond motifs is 1. The Labute approximate surface area is 186 Å². The number of aryl methyl sites for hydroxylation is 1. The van der Waals surface area contributed by atoms with E-state index in [1.54, 1.807) is 27.4 Å². The van der Waals surface area contributed by atoms with Crippen molar-refractivity contribution in [3.8, 4) is 5.69 Å². The standard InChI is InChI=1S/C21H19N5OS3/c1-14-4-2-5-15(12-14)26-21(22-23-24-26)30-13-19(27)25-9-7-17-16(8-11-29-17)20(25)18-6-3-10-28-18/h2-6,8,10-12,20H,7,9,13H2,1H3. The smallest absolute Gasteiger partial charge is 0.233 e. The molecule has 6 nitrogen and oxygen atoms in total. The summed E-state index contributed by atoms with van der Waals surface area (Å²) >= 11 is 4.87. The highest BCUT2D eigenvalue weighted by Gasteiger charge is 2.33. The number of thiophene rings is 2. The number of amides is 1. The Balaban J connectivity index is 1.36. The van der Waals surface area contributed by atoms with Crippen LogP contribution in [0.15, 0.2) is 58.4 Å². The molecule has 4 heterocycles. The highest BCUT2D eigenvalue weighted by Crippen LogP contribution is 2.39. The van der Waals surface area contributed by atoms with Gasteiger partial charge in [-0.25, -0.2) is 0 Å². The quantitative estimate of drug-likeness (QED) is 0.420. The van der Waals surface area contributed by atoms with Gasteiger partial charge in [0, 0.05) is 16.3 Å². The molecule has 1 aromatic carbocycles. The molecule has 1 atom stereocenters. The number of tetrazole rings is 1. The summed E-state index contributed by atoms with van der Waals surface area (Å²) in [6.07, 6.45) is 0.909. The second-order valence-corrected chi connectivity index (χ2v) is 9.98. The lowest BCUT2D eigenvalue weighted by atomic mass is 9.98. The van der Waals surface area contributed by atoms with Crippen LogP contribution >= 0.6 is 34.4 Å². The lowest BCUT2D eigenvalue weighted by molar-refractivity contribution is -0.130. The van der Waals surface area contributed by atoms with Crippen LogP contribution in [-0.4, -0.2) is 43.3 Å². The van der Waals surface area contributed by atoms with E-state index in [1.807, 2.05) is 42.2 Å². The zero-order valence-electron chi connectivity index (χ0n) is 16.3. The van der Waals surface area contributed by atoms with Crippen molar-refractivity contribution in [2.75, 3.05) is 12.3 Å². The number of hydrogen-bond donors (Lipinski definition) is 0. The molecule has 5 rings (SSSR count). The van der Waals surface area contributed by atoms with E-state index in [0.29, 0.717) is 10.9 Å². The minimum absolute atomic E-state index is 0.000804. The maximum Gasteiger partial charge on any atom is 0.233 e. The predicted octanol–water partition coefficient (Wildman–Crippen LogP) is 4.36. The summed E-state index contributed by atoms with van der Waals surface area (Å²) in [5.74, 6) is 0.405. The van der Waals surface area contributed by atoms with Gasteiger partial charge in [-0.3, -0.25) is 4.79 Å². The van der Waals surface area contributed by atoms with E-state index in [9.17, 15) is 4.79 Å². The molecule has 0 spiro atoms. The van der Waals surface area contributed by atoms with Crippen LogP contribution in [0.1, 0.15) is 26.9 Å². The van der Waals surface area contributed by atoms with Crippen molar-refractivity contribution >= 4 is 40.3 Å². The maximum absolute atomic E-state index is 13.3. The van der Waals surface area contributed by atoms with Gasteiger partial charge in [-0.1, -0.05) is 30.0 Å². The average Bonchev–Trinajstić information content (AvgIpc) is 3.52. The summed E-state index contributed by atoms with van der Waals surface area (Å²) < 4.78 is 1.69. The van der Waals surface area contributed by atoms with Crippen molar-refractivity contribution in [1.29, 1.82) is 0 Å². The van der Waals surface area contributed by atoms with Crippen LogP contribution in [0.25, 0.3) is 5.69 Å².